The molecule has 2 rings (SSSR count). The normalized spacial score (nSPS) is 14.9. The van der Waals surface area contributed by atoms with Crippen LogP contribution < -0.4 is 9.47 Å². The van der Waals surface area contributed by atoms with Crippen molar-refractivity contribution in [3.63, 3.8) is 0 Å². The summed E-state index contributed by atoms with van der Waals surface area (Å²) in [4.78, 5) is 13.3. The number of nitrogens with zero attached hydrogens (tertiary/aromatic N) is 1. The van der Waals surface area contributed by atoms with Crippen LogP contribution in [0.5, 0.6) is 11.5 Å². The second-order valence-corrected chi connectivity index (χ2v) is 4.36. The Kier molecular flexibility index (Phi) is 4.45. The number of likely N-dealkylation sites (tertiary alicyclic amines) is 1. The highest BCUT2D eigenvalue weighted by molar-refractivity contribution is 5.77. The minimum absolute atomic E-state index is 0.277. The molecule has 1 fully saturated rings. The van der Waals surface area contributed by atoms with Gasteiger partial charge in [-0.15, -0.1) is 0 Å². The zero-order chi connectivity index (χ0) is 12.8. The van der Waals surface area contributed by atoms with Crippen LogP contribution in [0.15, 0.2) is 24.3 Å². The Morgan fingerprint density at radius 2 is 1.94 bits per heavy atom. The Morgan fingerprint density at radius 3 is 2.56 bits per heavy atom. The molecule has 0 unspecified atom stereocenters. The number of carbonyl (C=O) groups is 1. The number of carbonyl (C=O) groups excluding carboxylic acids is 1. The van der Waals surface area contributed by atoms with Crippen LogP contribution in [0.4, 0.5) is 0 Å². The number of benzene rings is 1. The van der Waals surface area contributed by atoms with Crippen LogP contribution in [-0.4, -0.2) is 37.6 Å². The zero-order valence-corrected chi connectivity index (χ0v) is 10.7. The molecule has 0 saturated carbocycles. The third kappa shape index (κ3) is 3.39. The molecule has 18 heavy (non-hydrogen) atoms. The zero-order valence-electron chi connectivity index (χ0n) is 10.7. The summed E-state index contributed by atoms with van der Waals surface area (Å²) < 4.78 is 10.7. The van der Waals surface area contributed by atoms with Crippen LogP contribution in [0.25, 0.3) is 0 Å². The van der Waals surface area contributed by atoms with Gasteiger partial charge in [-0.3, -0.25) is 4.79 Å². The minimum atomic E-state index is 0.277. The van der Waals surface area contributed by atoms with Gasteiger partial charge in [0.25, 0.3) is 0 Å². The van der Waals surface area contributed by atoms with E-state index in [2.05, 4.69) is 0 Å². The number of hydrogen-bond donors (Lipinski definition) is 0. The molecule has 1 aliphatic heterocycles. The molecule has 4 nitrogen and oxygen atoms in total. The predicted molar refractivity (Wildman–Crippen MR) is 68.9 cm³/mol. The van der Waals surface area contributed by atoms with Gasteiger partial charge in [0.1, 0.15) is 11.5 Å². The highest BCUT2D eigenvalue weighted by Gasteiger charge is 2.18. The molecule has 1 aromatic rings. The van der Waals surface area contributed by atoms with Crippen LogP contribution in [-0.2, 0) is 4.79 Å². The van der Waals surface area contributed by atoms with Gasteiger partial charge in [-0.2, -0.15) is 0 Å². The van der Waals surface area contributed by atoms with Crippen molar-refractivity contribution in [1.29, 1.82) is 0 Å². The van der Waals surface area contributed by atoms with Crippen molar-refractivity contribution in [2.75, 3.05) is 26.8 Å². The quantitative estimate of drug-likeness (QED) is 0.725. The molecule has 4 heteroatoms. The molecule has 0 N–H and O–H groups in total. The van der Waals surface area contributed by atoms with E-state index in [1.165, 1.54) is 0 Å². The monoisotopic (exact) mass is 249 g/mol. The van der Waals surface area contributed by atoms with E-state index in [9.17, 15) is 4.79 Å². The van der Waals surface area contributed by atoms with E-state index in [1.807, 2.05) is 29.2 Å². The maximum atomic E-state index is 11.4. The number of amides is 1. The van der Waals surface area contributed by atoms with Crippen LogP contribution >= 0.6 is 0 Å². The molecule has 0 bridgehead atoms. The Hall–Kier alpha value is -1.71. The van der Waals surface area contributed by atoms with E-state index in [0.717, 1.165) is 37.4 Å². The average molecular weight is 249 g/mol. The average Bonchev–Trinajstić information content (AvgIpc) is 2.81. The first-order chi connectivity index (χ1) is 8.79. The second kappa shape index (κ2) is 6.28. The minimum Gasteiger partial charge on any atom is -0.497 e. The summed E-state index contributed by atoms with van der Waals surface area (Å²) in [5, 5.41) is 0. The van der Waals surface area contributed by atoms with E-state index in [1.54, 1.807) is 7.11 Å². The fraction of sp³-hybridized carbons (Fsp3) is 0.500. The molecule has 98 valence electrons. The number of hydrogen-bond acceptors (Lipinski definition) is 3. The lowest BCUT2D eigenvalue weighted by Gasteiger charge is -2.15. The van der Waals surface area contributed by atoms with E-state index >= 15 is 0 Å². The smallest absolute Gasteiger partial charge is 0.222 e. The first-order valence-corrected chi connectivity index (χ1v) is 6.34. The molecule has 0 atom stereocenters. The lowest BCUT2D eigenvalue weighted by atomic mass is 10.3. The Morgan fingerprint density at radius 1 is 1.22 bits per heavy atom. The molecule has 1 heterocycles. The predicted octanol–water partition coefficient (Wildman–Crippen LogP) is 2.09. The van der Waals surface area contributed by atoms with Crippen molar-refractivity contribution >= 4 is 5.91 Å². The SMILES string of the molecule is COc1ccc(OCCCN2CCCC2=O)cc1. The fourth-order valence-corrected chi connectivity index (χ4v) is 2.06. The first-order valence-electron chi connectivity index (χ1n) is 6.34. The van der Waals surface area contributed by atoms with E-state index in [0.29, 0.717) is 13.0 Å². The molecular formula is C14H19NO3. The number of rotatable bonds is 6. The molecule has 0 aromatic heterocycles. The summed E-state index contributed by atoms with van der Waals surface area (Å²) in [6.07, 6.45) is 2.58. The summed E-state index contributed by atoms with van der Waals surface area (Å²) in [6, 6.07) is 7.53. The topological polar surface area (TPSA) is 38.8 Å². The van der Waals surface area contributed by atoms with Gasteiger partial charge in [-0.1, -0.05) is 0 Å². The molecular weight excluding hydrogens is 230 g/mol. The standard InChI is InChI=1S/C14H19NO3/c1-17-12-5-7-13(8-6-12)18-11-3-10-15-9-2-4-14(15)16/h5-8H,2-4,9-11H2,1H3. The van der Waals surface area contributed by atoms with Gasteiger partial charge in [0.15, 0.2) is 0 Å². The Bertz CT molecular complexity index is 389. The largest absolute Gasteiger partial charge is 0.497 e. The van der Waals surface area contributed by atoms with Gasteiger partial charge in [0.2, 0.25) is 5.91 Å². The van der Waals surface area contributed by atoms with E-state index in [-0.39, 0.29) is 5.91 Å². The maximum absolute atomic E-state index is 11.4. The summed E-state index contributed by atoms with van der Waals surface area (Å²) in [5.74, 6) is 1.94. The maximum Gasteiger partial charge on any atom is 0.222 e. The molecule has 1 saturated heterocycles. The van der Waals surface area contributed by atoms with Crippen molar-refractivity contribution in [1.82, 2.24) is 4.90 Å². The highest BCUT2D eigenvalue weighted by Crippen LogP contribution is 2.17. The molecule has 0 spiro atoms. The second-order valence-electron chi connectivity index (χ2n) is 4.36. The van der Waals surface area contributed by atoms with Gasteiger partial charge >= 0.3 is 0 Å². The van der Waals surface area contributed by atoms with Gasteiger partial charge < -0.3 is 14.4 Å². The van der Waals surface area contributed by atoms with Crippen molar-refractivity contribution < 1.29 is 14.3 Å². The molecule has 1 aliphatic rings. The molecule has 1 aromatic carbocycles. The number of ether oxygens (including phenoxy) is 2. The summed E-state index contributed by atoms with van der Waals surface area (Å²) in [6.45, 7) is 2.34. The van der Waals surface area contributed by atoms with Crippen LogP contribution in [0.2, 0.25) is 0 Å². The number of methoxy groups -OCH3 is 1. The summed E-state index contributed by atoms with van der Waals surface area (Å²) >= 11 is 0. The summed E-state index contributed by atoms with van der Waals surface area (Å²) in [7, 11) is 1.64. The Balaban J connectivity index is 1.66. The Labute approximate surface area is 107 Å². The van der Waals surface area contributed by atoms with Crippen molar-refractivity contribution in [3.05, 3.63) is 24.3 Å². The third-order valence-corrected chi connectivity index (χ3v) is 3.07. The van der Waals surface area contributed by atoms with Gasteiger partial charge in [0, 0.05) is 19.5 Å². The third-order valence-electron chi connectivity index (χ3n) is 3.07. The first kappa shape index (κ1) is 12.7. The molecule has 0 aliphatic carbocycles. The highest BCUT2D eigenvalue weighted by atomic mass is 16.5. The van der Waals surface area contributed by atoms with Crippen LogP contribution in [0.1, 0.15) is 19.3 Å². The fourth-order valence-electron chi connectivity index (χ4n) is 2.06. The molecule has 0 radical (unpaired) electrons. The molecule has 1 amide bonds. The van der Waals surface area contributed by atoms with Crippen LogP contribution in [0.3, 0.4) is 0 Å². The van der Waals surface area contributed by atoms with E-state index in [4.69, 9.17) is 9.47 Å². The van der Waals surface area contributed by atoms with Gasteiger partial charge in [-0.25, -0.2) is 0 Å². The van der Waals surface area contributed by atoms with Crippen molar-refractivity contribution in [2.24, 2.45) is 0 Å². The lowest BCUT2D eigenvalue weighted by Crippen LogP contribution is -2.26. The van der Waals surface area contributed by atoms with Crippen LogP contribution in [0, 0.1) is 0 Å². The van der Waals surface area contributed by atoms with Gasteiger partial charge in [-0.05, 0) is 37.1 Å². The van der Waals surface area contributed by atoms with Gasteiger partial charge in [0.05, 0.1) is 13.7 Å². The van der Waals surface area contributed by atoms with Crippen molar-refractivity contribution in [2.45, 2.75) is 19.3 Å². The van der Waals surface area contributed by atoms with Crippen molar-refractivity contribution in [3.8, 4) is 11.5 Å². The lowest BCUT2D eigenvalue weighted by molar-refractivity contribution is -0.127. The summed E-state index contributed by atoms with van der Waals surface area (Å²) in [5.41, 5.74) is 0. The van der Waals surface area contributed by atoms with E-state index < -0.39 is 0 Å².